The molecule has 1 aromatic carbocycles. The minimum Gasteiger partial charge on any atom is -0.344 e. The van der Waals surface area contributed by atoms with Gasteiger partial charge in [-0.2, -0.15) is 16.4 Å². The Morgan fingerprint density at radius 1 is 1.19 bits per heavy atom. The average molecular weight is 381 g/mol. The van der Waals surface area contributed by atoms with E-state index in [2.05, 4.69) is 20.4 Å². The van der Waals surface area contributed by atoms with E-state index in [4.69, 9.17) is 0 Å². The highest BCUT2D eigenvalue weighted by Gasteiger charge is 2.15. The molecule has 4 rings (SSSR count). The molecule has 130 valence electrons. The lowest BCUT2D eigenvalue weighted by Crippen LogP contribution is -2.26. The molecule has 3 aromatic heterocycles. The Hall–Kier alpha value is -2.84. The second-order valence-electron chi connectivity index (χ2n) is 5.68. The Morgan fingerprint density at radius 2 is 2.04 bits per heavy atom. The summed E-state index contributed by atoms with van der Waals surface area (Å²) >= 11 is 3.09. The number of rotatable bonds is 5. The van der Waals surface area contributed by atoms with Crippen LogP contribution in [0, 0.1) is 0 Å². The molecule has 0 radical (unpaired) electrons. The molecule has 0 spiro atoms. The zero-order valence-corrected chi connectivity index (χ0v) is 15.5. The first-order chi connectivity index (χ1) is 12.7. The van der Waals surface area contributed by atoms with Crippen molar-refractivity contribution in [3.8, 4) is 16.3 Å². The Kier molecular flexibility index (Phi) is 4.59. The number of carbonyl (C=O) groups is 1. The second-order valence-corrected chi connectivity index (χ2v) is 7.31. The van der Waals surface area contributed by atoms with E-state index in [-0.39, 0.29) is 11.9 Å². The Labute approximate surface area is 158 Å². The quantitative estimate of drug-likeness (QED) is 0.568. The van der Waals surface area contributed by atoms with Gasteiger partial charge in [0.25, 0.3) is 5.91 Å². The molecule has 1 N–H and O–H groups in total. The number of benzene rings is 1. The minimum atomic E-state index is -0.171. The Bertz CT molecular complexity index is 991. The summed E-state index contributed by atoms with van der Waals surface area (Å²) in [4.78, 5) is 20.9. The molecule has 1 atom stereocenters. The maximum absolute atomic E-state index is 12.5. The third-order valence-electron chi connectivity index (χ3n) is 3.93. The van der Waals surface area contributed by atoms with Gasteiger partial charge < -0.3 is 5.32 Å². The largest absolute Gasteiger partial charge is 0.344 e. The third kappa shape index (κ3) is 3.42. The van der Waals surface area contributed by atoms with Crippen LogP contribution >= 0.6 is 22.7 Å². The van der Waals surface area contributed by atoms with Gasteiger partial charge in [0.1, 0.15) is 23.4 Å². The van der Waals surface area contributed by atoms with Gasteiger partial charge in [0.2, 0.25) is 0 Å². The first kappa shape index (κ1) is 16.6. The highest BCUT2D eigenvalue weighted by atomic mass is 32.1. The summed E-state index contributed by atoms with van der Waals surface area (Å²) in [5.41, 5.74) is 3.43. The molecule has 4 aromatic rings. The van der Waals surface area contributed by atoms with Gasteiger partial charge in [-0.05, 0) is 36.1 Å². The van der Waals surface area contributed by atoms with Crippen LogP contribution in [0.3, 0.4) is 0 Å². The van der Waals surface area contributed by atoms with E-state index in [1.807, 2.05) is 48.0 Å². The van der Waals surface area contributed by atoms with Gasteiger partial charge in [-0.3, -0.25) is 4.79 Å². The molecule has 0 aliphatic carbocycles. The van der Waals surface area contributed by atoms with Crippen LogP contribution in [0.25, 0.3) is 16.3 Å². The number of thiophene rings is 1. The van der Waals surface area contributed by atoms with E-state index in [1.54, 1.807) is 27.7 Å². The Balaban J connectivity index is 1.44. The number of carbonyl (C=O) groups excluding carboxylic acids is 1. The summed E-state index contributed by atoms with van der Waals surface area (Å²) in [6, 6.07) is 9.72. The molecule has 0 aliphatic rings. The van der Waals surface area contributed by atoms with Crippen LogP contribution in [0.1, 0.15) is 29.0 Å². The monoisotopic (exact) mass is 381 g/mol. The van der Waals surface area contributed by atoms with E-state index in [0.29, 0.717) is 5.69 Å². The van der Waals surface area contributed by atoms with Crippen molar-refractivity contribution < 1.29 is 4.79 Å². The molecule has 1 amide bonds. The number of aromatic nitrogens is 4. The second kappa shape index (κ2) is 7.19. The van der Waals surface area contributed by atoms with E-state index in [1.165, 1.54) is 17.7 Å². The fourth-order valence-corrected chi connectivity index (χ4v) is 4.02. The van der Waals surface area contributed by atoms with Gasteiger partial charge in [0.05, 0.1) is 11.7 Å². The van der Waals surface area contributed by atoms with Crippen molar-refractivity contribution in [3.63, 3.8) is 0 Å². The summed E-state index contributed by atoms with van der Waals surface area (Å²) in [7, 11) is 0. The van der Waals surface area contributed by atoms with Crippen molar-refractivity contribution in [1.82, 2.24) is 25.1 Å². The third-order valence-corrected chi connectivity index (χ3v) is 5.50. The van der Waals surface area contributed by atoms with Crippen molar-refractivity contribution in [1.29, 1.82) is 0 Å². The SMILES string of the molecule is CC(NC(=O)c1csc(-c2ccsc2)n1)c1ccc(-n2cncn2)cc1. The lowest BCUT2D eigenvalue weighted by molar-refractivity contribution is 0.0935. The number of nitrogens with zero attached hydrogens (tertiary/aromatic N) is 4. The topological polar surface area (TPSA) is 72.7 Å². The van der Waals surface area contributed by atoms with Gasteiger partial charge in [-0.25, -0.2) is 14.6 Å². The highest BCUT2D eigenvalue weighted by molar-refractivity contribution is 7.14. The van der Waals surface area contributed by atoms with Gasteiger partial charge in [-0.1, -0.05) is 12.1 Å². The van der Waals surface area contributed by atoms with Crippen LogP contribution in [0.5, 0.6) is 0 Å². The van der Waals surface area contributed by atoms with Gasteiger partial charge in [0.15, 0.2) is 0 Å². The summed E-state index contributed by atoms with van der Waals surface area (Å²) in [6.45, 7) is 1.95. The highest BCUT2D eigenvalue weighted by Crippen LogP contribution is 2.26. The van der Waals surface area contributed by atoms with E-state index in [0.717, 1.165) is 21.8 Å². The van der Waals surface area contributed by atoms with Crippen LogP contribution in [-0.2, 0) is 0 Å². The first-order valence-corrected chi connectivity index (χ1v) is 9.77. The molecule has 8 heteroatoms. The van der Waals surface area contributed by atoms with Crippen molar-refractivity contribution in [2.45, 2.75) is 13.0 Å². The zero-order valence-electron chi connectivity index (χ0n) is 13.9. The number of nitrogens with one attached hydrogen (secondary N) is 1. The molecule has 6 nitrogen and oxygen atoms in total. The van der Waals surface area contributed by atoms with Crippen LogP contribution in [0.4, 0.5) is 0 Å². The minimum absolute atomic E-state index is 0.126. The predicted octanol–water partition coefficient (Wildman–Crippen LogP) is 3.94. The van der Waals surface area contributed by atoms with E-state index in [9.17, 15) is 4.79 Å². The van der Waals surface area contributed by atoms with Crippen LogP contribution in [-0.4, -0.2) is 25.7 Å². The van der Waals surface area contributed by atoms with Crippen LogP contribution < -0.4 is 5.32 Å². The summed E-state index contributed by atoms with van der Waals surface area (Å²) in [5, 5.41) is 13.8. The molecular formula is C18H15N5OS2. The van der Waals surface area contributed by atoms with Gasteiger partial charge in [-0.15, -0.1) is 11.3 Å². The van der Waals surface area contributed by atoms with E-state index >= 15 is 0 Å². The zero-order chi connectivity index (χ0) is 17.9. The molecule has 3 heterocycles. The molecule has 0 bridgehead atoms. The first-order valence-electron chi connectivity index (χ1n) is 7.94. The number of thiazole rings is 1. The molecule has 1 unspecified atom stereocenters. The van der Waals surface area contributed by atoms with Crippen molar-refractivity contribution in [3.05, 3.63) is 70.4 Å². The standard InChI is InChI=1S/C18H15N5OS2/c1-12(13-2-4-15(5-3-13)23-11-19-10-20-23)21-17(24)16-9-26-18(22-16)14-6-7-25-8-14/h2-12H,1H3,(H,21,24). The summed E-state index contributed by atoms with van der Waals surface area (Å²) in [6.07, 6.45) is 3.14. The number of amides is 1. The smallest absolute Gasteiger partial charge is 0.271 e. The van der Waals surface area contributed by atoms with Gasteiger partial charge >= 0.3 is 0 Å². The number of hydrogen-bond donors (Lipinski definition) is 1. The fraction of sp³-hybridized carbons (Fsp3) is 0.111. The summed E-state index contributed by atoms with van der Waals surface area (Å²) < 4.78 is 1.69. The molecule has 0 fully saturated rings. The fourth-order valence-electron chi connectivity index (χ4n) is 2.51. The Morgan fingerprint density at radius 3 is 2.73 bits per heavy atom. The van der Waals surface area contributed by atoms with Crippen molar-refractivity contribution in [2.24, 2.45) is 0 Å². The molecule has 0 saturated heterocycles. The lowest BCUT2D eigenvalue weighted by Gasteiger charge is -2.14. The maximum atomic E-state index is 12.5. The summed E-state index contributed by atoms with van der Waals surface area (Å²) in [5.74, 6) is -0.171. The average Bonchev–Trinajstić information content (AvgIpc) is 3.43. The van der Waals surface area contributed by atoms with Crippen LogP contribution in [0.15, 0.2) is 59.1 Å². The normalized spacial score (nSPS) is 12.0. The molecule has 0 aliphatic heterocycles. The van der Waals surface area contributed by atoms with Crippen molar-refractivity contribution >= 4 is 28.6 Å². The van der Waals surface area contributed by atoms with Gasteiger partial charge in [0, 0.05) is 16.3 Å². The van der Waals surface area contributed by atoms with Crippen molar-refractivity contribution in [2.75, 3.05) is 0 Å². The van der Waals surface area contributed by atoms with Crippen LogP contribution in [0.2, 0.25) is 0 Å². The molecule has 0 saturated carbocycles. The predicted molar refractivity (Wildman–Crippen MR) is 103 cm³/mol. The lowest BCUT2D eigenvalue weighted by atomic mass is 10.1. The maximum Gasteiger partial charge on any atom is 0.271 e. The van der Waals surface area contributed by atoms with E-state index < -0.39 is 0 Å². The number of hydrogen-bond acceptors (Lipinski definition) is 6. The molecule has 26 heavy (non-hydrogen) atoms. The molecular weight excluding hydrogens is 366 g/mol.